The molecule has 8 nitrogen and oxygen atoms in total. The molecule has 29 heavy (non-hydrogen) atoms. The van der Waals surface area contributed by atoms with Crippen molar-refractivity contribution in [2.45, 2.75) is 12.8 Å². The summed E-state index contributed by atoms with van der Waals surface area (Å²) >= 11 is 0. The van der Waals surface area contributed by atoms with E-state index in [4.69, 9.17) is 9.47 Å². The van der Waals surface area contributed by atoms with Crippen molar-refractivity contribution in [2.75, 3.05) is 32.7 Å². The van der Waals surface area contributed by atoms with Crippen molar-refractivity contribution >= 4 is 23.5 Å². The van der Waals surface area contributed by atoms with Crippen molar-refractivity contribution in [3.05, 3.63) is 54.1 Å². The highest BCUT2D eigenvalue weighted by Crippen LogP contribution is 2.17. The maximum atomic E-state index is 12.0. The molecule has 0 aliphatic rings. The van der Waals surface area contributed by atoms with Crippen LogP contribution in [-0.4, -0.2) is 45.2 Å². The largest absolute Gasteiger partial charge is 0.497 e. The predicted molar refractivity (Wildman–Crippen MR) is 107 cm³/mol. The summed E-state index contributed by atoms with van der Waals surface area (Å²) < 4.78 is 15.1. The smallest absolute Gasteiger partial charge is 0.325 e. The standard InChI is InChI=1S/C21H24N2O6/c1-27-17-9-11-18(12-10-17)29-13-3-4-19(24)23-16-7-5-15(6-8-16)21(26)22-14-20(25)28-2/h5-12H,3-4,13-14H2,1-2H3,(H,22,26)(H,23,24). The van der Waals surface area contributed by atoms with Crippen molar-refractivity contribution in [2.24, 2.45) is 0 Å². The van der Waals surface area contributed by atoms with E-state index in [2.05, 4.69) is 15.4 Å². The number of carbonyl (C=O) groups excluding carboxylic acids is 3. The van der Waals surface area contributed by atoms with Crippen LogP contribution in [0, 0.1) is 0 Å². The van der Waals surface area contributed by atoms with Gasteiger partial charge in [0, 0.05) is 17.7 Å². The molecular formula is C21H24N2O6. The van der Waals surface area contributed by atoms with Crippen LogP contribution in [0.5, 0.6) is 11.5 Å². The summed E-state index contributed by atoms with van der Waals surface area (Å²) in [6.07, 6.45) is 0.864. The molecule has 0 atom stereocenters. The van der Waals surface area contributed by atoms with Crippen molar-refractivity contribution in [3.8, 4) is 11.5 Å². The van der Waals surface area contributed by atoms with Crippen LogP contribution in [0.2, 0.25) is 0 Å². The monoisotopic (exact) mass is 400 g/mol. The lowest BCUT2D eigenvalue weighted by atomic mass is 10.2. The quantitative estimate of drug-likeness (QED) is 0.469. The van der Waals surface area contributed by atoms with E-state index >= 15 is 0 Å². The Bertz CT molecular complexity index is 818. The molecular weight excluding hydrogens is 376 g/mol. The highest BCUT2D eigenvalue weighted by atomic mass is 16.5. The number of methoxy groups -OCH3 is 2. The third-order valence-electron chi connectivity index (χ3n) is 3.93. The molecule has 0 heterocycles. The highest BCUT2D eigenvalue weighted by molar-refractivity contribution is 5.97. The van der Waals surface area contributed by atoms with Crippen LogP contribution in [0.15, 0.2) is 48.5 Å². The molecule has 2 rings (SSSR count). The molecule has 0 bridgehead atoms. The minimum Gasteiger partial charge on any atom is -0.497 e. The maximum absolute atomic E-state index is 12.0. The van der Waals surface area contributed by atoms with Gasteiger partial charge in [-0.05, 0) is 55.0 Å². The first-order valence-corrected chi connectivity index (χ1v) is 9.03. The number of hydrogen-bond acceptors (Lipinski definition) is 6. The number of ether oxygens (including phenoxy) is 3. The summed E-state index contributed by atoms with van der Waals surface area (Å²) in [4.78, 5) is 35.0. The second-order valence-corrected chi connectivity index (χ2v) is 6.01. The van der Waals surface area contributed by atoms with Gasteiger partial charge < -0.3 is 24.8 Å². The Morgan fingerprint density at radius 3 is 2.17 bits per heavy atom. The van der Waals surface area contributed by atoms with Crippen molar-refractivity contribution in [3.63, 3.8) is 0 Å². The first-order chi connectivity index (χ1) is 14.0. The van der Waals surface area contributed by atoms with Gasteiger partial charge in [0.1, 0.15) is 18.0 Å². The molecule has 2 aromatic carbocycles. The van der Waals surface area contributed by atoms with E-state index in [1.54, 1.807) is 43.5 Å². The number of esters is 1. The van der Waals surface area contributed by atoms with Gasteiger partial charge in [0.2, 0.25) is 5.91 Å². The Hall–Kier alpha value is -3.55. The Labute approximate surface area is 169 Å². The third kappa shape index (κ3) is 7.53. The SMILES string of the molecule is COC(=O)CNC(=O)c1ccc(NC(=O)CCCOc2ccc(OC)cc2)cc1. The topological polar surface area (TPSA) is 103 Å². The molecule has 0 aliphatic heterocycles. The second-order valence-electron chi connectivity index (χ2n) is 6.01. The van der Waals surface area contributed by atoms with Gasteiger partial charge in [-0.3, -0.25) is 14.4 Å². The van der Waals surface area contributed by atoms with E-state index < -0.39 is 11.9 Å². The average molecular weight is 400 g/mol. The number of benzene rings is 2. The average Bonchev–Trinajstić information content (AvgIpc) is 2.75. The molecule has 154 valence electrons. The summed E-state index contributed by atoms with van der Waals surface area (Å²) in [7, 11) is 2.85. The first-order valence-electron chi connectivity index (χ1n) is 9.03. The van der Waals surface area contributed by atoms with Gasteiger partial charge in [-0.2, -0.15) is 0 Å². The van der Waals surface area contributed by atoms with Crippen LogP contribution in [0.1, 0.15) is 23.2 Å². The summed E-state index contributed by atoms with van der Waals surface area (Å²) in [5.74, 6) is 0.393. The number of anilines is 1. The molecule has 2 N–H and O–H groups in total. The summed E-state index contributed by atoms with van der Waals surface area (Å²) in [5.41, 5.74) is 0.954. The van der Waals surface area contributed by atoms with Gasteiger partial charge in [0.05, 0.1) is 20.8 Å². The maximum Gasteiger partial charge on any atom is 0.325 e. The minimum absolute atomic E-state index is 0.147. The van der Waals surface area contributed by atoms with Crippen LogP contribution in [0.4, 0.5) is 5.69 Å². The zero-order valence-corrected chi connectivity index (χ0v) is 16.4. The van der Waals surface area contributed by atoms with Gasteiger partial charge in [0.25, 0.3) is 5.91 Å². The number of amides is 2. The van der Waals surface area contributed by atoms with Gasteiger partial charge in [-0.15, -0.1) is 0 Å². The van der Waals surface area contributed by atoms with Crippen LogP contribution >= 0.6 is 0 Å². The van der Waals surface area contributed by atoms with Gasteiger partial charge in [-0.1, -0.05) is 0 Å². The van der Waals surface area contributed by atoms with Crippen molar-refractivity contribution < 1.29 is 28.6 Å². The minimum atomic E-state index is -0.529. The summed E-state index contributed by atoms with van der Waals surface area (Å²) in [6, 6.07) is 13.6. The number of rotatable bonds is 10. The lowest BCUT2D eigenvalue weighted by Gasteiger charge is -2.08. The molecule has 8 heteroatoms. The van der Waals surface area contributed by atoms with Gasteiger partial charge in [-0.25, -0.2) is 0 Å². The molecule has 2 aromatic rings. The zero-order chi connectivity index (χ0) is 21.1. The predicted octanol–water partition coefficient (Wildman–Crippen LogP) is 2.40. The van der Waals surface area contributed by atoms with Crippen molar-refractivity contribution in [1.29, 1.82) is 0 Å². The van der Waals surface area contributed by atoms with E-state index in [1.165, 1.54) is 7.11 Å². The fourth-order valence-corrected chi connectivity index (χ4v) is 2.35. The number of nitrogens with one attached hydrogen (secondary N) is 2. The highest BCUT2D eigenvalue weighted by Gasteiger charge is 2.09. The normalized spacial score (nSPS) is 10.0. The molecule has 0 saturated carbocycles. The van der Waals surface area contributed by atoms with Crippen LogP contribution in [-0.2, 0) is 14.3 Å². The third-order valence-corrected chi connectivity index (χ3v) is 3.93. The molecule has 0 radical (unpaired) electrons. The van der Waals surface area contributed by atoms with E-state index in [9.17, 15) is 14.4 Å². The Morgan fingerprint density at radius 2 is 1.55 bits per heavy atom. The van der Waals surface area contributed by atoms with Crippen LogP contribution in [0.3, 0.4) is 0 Å². The first kappa shape index (κ1) is 21.7. The van der Waals surface area contributed by atoms with Gasteiger partial charge in [0.15, 0.2) is 0 Å². The number of hydrogen-bond donors (Lipinski definition) is 2. The zero-order valence-electron chi connectivity index (χ0n) is 16.4. The lowest BCUT2D eigenvalue weighted by Crippen LogP contribution is -2.30. The van der Waals surface area contributed by atoms with Crippen LogP contribution in [0.25, 0.3) is 0 Å². The molecule has 0 saturated heterocycles. The molecule has 2 amide bonds. The summed E-state index contributed by atoms with van der Waals surface area (Å²) in [6.45, 7) is 0.214. The molecule has 0 fully saturated rings. The molecule has 0 aromatic heterocycles. The van der Waals surface area contributed by atoms with Crippen molar-refractivity contribution in [1.82, 2.24) is 5.32 Å². The Balaban J connectivity index is 1.70. The van der Waals surface area contributed by atoms with E-state index in [0.717, 1.165) is 5.75 Å². The lowest BCUT2D eigenvalue weighted by molar-refractivity contribution is -0.139. The number of carbonyl (C=O) groups is 3. The molecule has 0 spiro atoms. The Morgan fingerprint density at radius 1 is 0.897 bits per heavy atom. The Kier molecular flexibility index (Phi) is 8.50. The molecule has 0 unspecified atom stereocenters. The van der Waals surface area contributed by atoms with E-state index in [1.807, 2.05) is 12.1 Å². The van der Waals surface area contributed by atoms with E-state index in [0.29, 0.717) is 36.4 Å². The van der Waals surface area contributed by atoms with Crippen LogP contribution < -0.4 is 20.1 Å². The summed E-state index contributed by atoms with van der Waals surface area (Å²) in [5, 5.41) is 5.21. The molecule has 0 aliphatic carbocycles. The fraction of sp³-hybridized carbons (Fsp3) is 0.286. The fourth-order valence-electron chi connectivity index (χ4n) is 2.35. The van der Waals surface area contributed by atoms with Gasteiger partial charge >= 0.3 is 5.97 Å². The van der Waals surface area contributed by atoms with E-state index in [-0.39, 0.29) is 12.5 Å². The second kappa shape index (κ2) is 11.3.